The molecule has 10 heteroatoms. The fourth-order valence-electron chi connectivity index (χ4n) is 2.32. The van der Waals surface area contributed by atoms with Gasteiger partial charge in [0, 0.05) is 6.26 Å². The molecule has 0 amide bonds. The highest BCUT2D eigenvalue weighted by molar-refractivity contribution is 8.01. The minimum atomic E-state index is -3.24. The molecule has 0 atom stereocenters. The second-order valence-electron chi connectivity index (χ2n) is 5.57. The molecule has 4 aromatic rings. The highest BCUT2D eigenvalue weighted by Gasteiger charge is 2.13. The van der Waals surface area contributed by atoms with Crippen LogP contribution in [0, 0.1) is 0 Å². The normalized spacial score (nSPS) is 11.9. The number of nitrogens with zero attached hydrogens (tertiary/aromatic N) is 5. The number of fused-ring (bicyclic) bond motifs is 1. The SMILES string of the molecule is CS(=O)(=O)c1ccc2nc(Sc3nnn(Cc4ccccc4)n3)sc2c1. The summed E-state index contributed by atoms with van der Waals surface area (Å²) in [7, 11) is -3.24. The summed E-state index contributed by atoms with van der Waals surface area (Å²) in [6.45, 7) is 0.548. The van der Waals surface area contributed by atoms with Gasteiger partial charge in [0.25, 0.3) is 0 Å². The lowest BCUT2D eigenvalue weighted by molar-refractivity contribution is 0.569. The number of rotatable bonds is 5. The molecule has 0 saturated carbocycles. The van der Waals surface area contributed by atoms with E-state index in [4.69, 9.17) is 0 Å². The van der Waals surface area contributed by atoms with Crippen LogP contribution >= 0.6 is 23.1 Å². The Morgan fingerprint density at radius 3 is 2.73 bits per heavy atom. The summed E-state index contributed by atoms with van der Waals surface area (Å²) in [4.78, 5) is 6.32. The molecule has 2 aromatic heterocycles. The van der Waals surface area contributed by atoms with Crippen LogP contribution in [0.3, 0.4) is 0 Å². The molecule has 0 N–H and O–H groups in total. The van der Waals surface area contributed by atoms with Crippen LogP contribution in [0.1, 0.15) is 5.56 Å². The van der Waals surface area contributed by atoms with E-state index < -0.39 is 9.84 Å². The first-order chi connectivity index (χ1) is 12.5. The number of sulfone groups is 1. The smallest absolute Gasteiger partial charge is 0.229 e. The van der Waals surface area contributed by atoms with Gasteiger partial charge < -0.3 is 0 Å². The van der Waals surface area contributed by atoms with Crippen LogP contribution in [-0.4, -0.2) is 39.9 Å². The van der Waals surface area contributed by atoms with E-state index in [2.05, 4.69) is 20.4 Å². The summed E-state index contributed by atoms with van der Waals surface area (Å²) < 4.78 is 24.9. The third-order valence-corrected chi connectivity index (χ3v) is 6.58. The maximum absolute atomic E-state index is 11.7. The quantitative estimate of drug-likeness (QED) is 0.506. The van der Waals surface area contributed by atoms with Crippen LogP contribution in [0.25, 0.3) is 10.2 Å². The minimum absolute atomic E-state index is 0.289. The molecule has 0 spiro atoms. The Balaban J connectivity index is 1.54. The van der Waals surface area contributed by atoms with Crippen molar-refractivity contribution in [3.05, 3.63) is 54.1 Å². The van der Waals surface area contributed by atoms with Crippen LogP contribution in [0.15, 0.2) is 62.9 Å². The van der Waals surface area contributed by atoms with Gasteiger partial charge in [-0.1, -0.05) is 30.3 Å². The van der Waals surface area contributed by atoms with Crippen LogP contribution in [0.5, 0.6) is 0 Å². The van der Waals surface area contributed by atoms with Gasteiger partial charge in [-0.15, -0.1) is 21.5 Å². The Labute approximate surface area is 158 Å². The first-order valence-electron chi connectivity index (χ1n) is 7.58. The average Bonchev–Trinajstić information content (AvgIpc) is 3.20. The highest BCUT2D eigenvalue weighted by Crippen LogP contribution is 2.33. The highest BCUT2D eigenvalue weighted by atomic mass is 32.2. The Bertz CT molecular complexity index is 1170. The Morgan fingerprint density at radius 2 is 1.96 bits per heavy atom. The molecule has 0 aliphatic carbocycles. The molecule has 0 bridgehead atoms. The maximum Gasteiger partial charge on any atom is 0.238 e. The molecule has 0 saturated heterocycles. The van der Waals surface area contributed by atoms with Crippen LogP contribution in [0.4, 0.5) is 0 Å². The summed E-state index contributed by atoms with van der Waals surface area (Å²) in [5.41, 5.74) is 1.84. The van der Waals surface area contributed by atoms with Gasteiger partial charge in [-0.05, 0) is 40.7 Å². The standard InChI is InChI=1S/C16H13N5O2S3/c1-26(22,23)12-7-8-13-14(9-12)24-16(17-13)25-15-18-20-21(19-15)10-11-5-3-2-4-6-11/h2-9H,10H2,1H3. The van der Waals surface area contributed by atoms with Crippen molar-refractivity contribution >= 4 is 43.2 Å². The molecular weight excluding hydrogens is 390 g/mol. The molecule has 4 rings (SSSR count). The molecule has 132 valence electrons. The second kappa shape index (κ2) is 6.78. The van der Waals surface area contributed by atoms with Gasteiger partial charge >= 0.3 is 0 Å². The molecule has 0 fully saturated rings. The van der Waals surface area contributed by atoms with Crippen LogP contribution in [0.2, 0.25) is 0 Å². The zero-order chi connectivity index (χ0) is 18.1. The molecule has 2 heterocycles. The minimum Gasteiger partial charge on any atom is -0.229 e. The molecule has 0 radical (unpaired) electrons. The number of thiazole rings is 1. The first kappa shape index (κ1) is 17.1. The van der Waals surface area contributed by atoms with E-state index in [0.29, 0.717) is 11.7 Å². The predicted molar refractivity (Wildman–Crippen MR) is 100 cm³/mol. The molecule has 0 aliphatic rings. The second-order valence-corrected chi connectivity index (χ2v) is 9.83. The molecular formula is C16H13N5O2S3. The predicted octanol–water partition coefficient (Wildman–Crippen LogP) is 2.89. The Kier molecular flexibility index (Phi) is 4.47. The van der Waals surface area contributed by atoms with Crippen molar-refractivity contribution in [3.8, 4) is 0 Å². The molecule has 2 aromatic carbocycles. The fraction of sp³-hybridized carbons (Fsp3) is 0.125. The molecule has 0 aliphatic heterocycles. The summed E-state index contributed by atoms with van der Waals surface area (Å²) in [5.74, 6) is 0. The van der Waals surface area contributed by atoms with Crippen molar-refractivity contribution in [2.75, 3.05) is 6.26 Å². The van der Waals surface area contributed by atoms with Gasteiger partial charge in [-0.2, -0.15) is 4.80 Å². The molecule has 26 heavy (non-hydrogen) atoms. The lowest BCUT2D eigenvalue weighted by Gasteiger charge is -1.97. The van der Waals surface area contributed by atoms with Gasteiger partial charge in [0.15, 0.2) is 14.2 Å². The number of benzene rings is 2. The summed E-state index contributed by atoms with van der Waals surface area (Å²) in [6.07, 6.45) is 1.19. The van der Waals surface area contributed by atoms with Crippen molar-refractivity contribution in [2.24, 2.45) is 0 Å². The number of tetrazole rings is 1. The van der Waals surface area contributed by atoms with Gasteiger partial charge in [0.2, 0.25) is 5.16 Å². The maximum atomic E-state index is 11.7. The summed E-state index contributed by atoms with van der Waals surface area (Å²) >= 11 is 2.72. The van der Waals surface area contributed by atoms with E-state index in [9.17, 15) is 8.42 Å². The van der Waals surface area contributed by atoms with Crippen molar-refractivity contribution in [3.63, 3.8) is 0 Å². The van der Waals surface area contributed by atoms with Crippen molar-refractivity contribution in [1.82, 2.24) is 25.2 Å². The monoisotopic (exact) mass is 403 g/mol. The number of hydrogen-bond donors (Lipinski definition) is 0. The Hall–Kier alpha value is -2.30. The van der Waals surface area contributed by atoms with Gasteiger partial charge in [0.1, 0.15) is 0 Å². The molecule has 0 unspecified atom stereocenters. The zero-order valence-corrected chi connectivity index (χ0v) is 16.1. The van der Waals surface area contributed by atoms with E-state index in [-0.39, 0.29) is 4.90 Å². The largest absolute Gasteiger partial charge is 0.238 e. The van der Waals surface area contributed by atoms with Gasteiger partial charge in [-0.3, -0.25) is 0 Å². The third-order valence-electron chi connectivity index (χ3n) is 3.55. The van der Waals surface area contributed by atoms with E-state index in [0.717, 1.165) is 20.1 Å². The van der Waals surface area contributed by atoms with Crippen LogP contribution in [-0.2, 0) is 16.4 Å². The van der Waals surface area contributed by atoms with E-state index >= 15 is 0 Å². The van der Waals surface area contributed by atoms with Crippen molar-refractivity contribution in [2.45, 2.75) is 20.9 Å². The summed E-state index contributed by atoms with van der Waals surface area (Å²) in [6, 6.07) is 14.8. The third kappa shape index (κ3) is 3.76. The van der Waals surface area contributed by atoms with E-state index in [1.54, 1.807) is 18.2 Å². The zero-order valence-electron chi connectivity index (χ0n) is 13.6. The fourth-order valence-corrected chi connectivity index (χ4v) is 4.95. The number of aromatic nitrogens is 5. The van der Waals surface area contributed by atoms with E-state index in [1.165, 1.54) is 34.2 Å². The lowest BCUT2D eigenvalue weighted by atomic mass is 10.2. The number of hydrogen-bond acceptors (Lipinski definition) is 8. The van der Waals surface area contributed by atoms with Gasteiger partial charge in [0.05, 0.1) is 21.7 Å². The van der Waals surface area contributed by atoms with E-state index in [1.807, 2.05) is 30.3 Å². The molecule has 7 nitrogen and oxygen atoms in total. The summed E-state index contributed by atoms with van der Waals surface area (Å²) in [5, 5.41) is 13.0. The Morgan fingerprint density at radius 1 is 1.15 bits per heavy atom. The van der Waals surface area contributed by atoms with Crippen molar-refractivity contribution in [1.29, 1.82) is 0 Å². The first-order valence-corrected chi connectivity index (χ1v) is 11.1. The topological polar surface area (TPSA) is 90.6 Å². The lowest BCUT2D eigenvalue weighted by Crippen LogP contribution is -2.03. The average molecular weight is 404 g/mol. The van der Waals surface area contributed by atoms with Gasteiger partial charge in [-0.25, -0.2) is 13.4 Å². The van der Waals surface area contributed by atoms with Crippen LogP contribution < -0.4 is 0 Å². The van der Waals surface area contributed by atoms with Crippen molar-refractivity contribution < 1.29 is 8.42 Å².